The van der Waals surface area contributed by atoms with E-state index in [4.69, 9.17) is 9.47 Å². The maximum atomic E-state index is 12.4. The largest absolute Gasteiger partial charge is 0.462 e. The molecule has 0 fully saturated rings. The average molecular weight is 1170 g/mol. The number of carbonyl (C=O) groups excluding carboxylic acids is 2. The van der Waals surface area contributed by atoms with Crippen molar-refractivity contribution in [2.45, 2.75) is 450 Å². The Morgan fingerprint density at radius 1 is 0.277 bits per heavy atom. The first-order chi connectivity index (χ1) is 41.1. The molecule has 0 saturated heterocycles. The van der Waals surface area contributed by atoms with Crippen LogP contribution in [0.3, 0.4) is 0 Å². The quantitative estimate of drug-likeness (QED) is 0.0373. The molecule has 0 aliphatic rings. The van der Waals surface area contributed by atoms with Gasteiger partial charge in [-0.25, -0.2) is 0 Å². The highest BCUT2D eigenvalue weighted by Crippen LogP contribution is 2.20. The number of rotatable bonds is 73. The molecule has 0 aliphatic carbocycles. The van der Waals surface area contributed by atoms with Crippen LogP contribution < -0.4 is 0 Å². The van der Waals surface area contributed by atoms with Gasteiger partial charge in [-0.15, -0.1) is 0 Å². The van der Waals surface area contributed by atoms with Gasteiger partial charge in [0.25, 0.3) is 0 Å². The lowest BCUT2D eigenvalue weighted by Crippen LogP contribution is -2.28. The summed E-state index contributed by atoms with van der Waals surface area (Å²) in [6, 6.07) is 0. The second kappa shape index (κ2) is 74.6. The molecule has 5 heteroatoms. The second-order valence-corrected chi connectivity index (χ2v) is 26.4. The van der Waals surface area contributed by atoms with Gasteiger partial charge in [-0.3, -0.25) is 9.59 Å². The third-order valence-corrected chi connectivity index (χ3v) is 18.0. The van der Waals surface area contributed by atoms with Gasteiger partial charge in [-0.1, -0.05) is 411 Å². The van der Waals surface area contributed by atoms with Crippen LogP contribution in [0.2, 0.25) is 0 Å². The van der Waals surface area contributed by atoms with Crippen LogP contribution in [0.1, 0.15) is 444 Å². The van der Waals surface area contributed by atoms with E-state index in [-0.39, 0.29) is 25.2 Å². The number of aliphatic hydroxyl groups excluding tert-OH is 1. The third kappa shape index (κ3) is 72.8. The zero-order valence-corrected chi connectivity index (χ0v) is 56.8. The first-order valence-corrected chi connectivity index (χ1v) is 38.4. The molecule has 0 aromatic heterocycles. The number of ether oxygens (including phenoxy) is 2. The zero-order chi connectivity index (χ0) is 59.8. The summed E-state index contributed by atoms with van der Waals surface area (Å²) in [5.41, 5.74) is 0. The van der Waals surface area contributed by atoms with Gasteiger partial charge in [0.05, 0.1) is 6.61 Å². The van der Waals surface area contributed by atoms with Crippen molar-refractivity contribution < 1.29 is 24.2 Å². The van der Waals surface area contributed by atoms with Crippen LogP contribution in [0.4, 0.5) is 0 Å². The van der Waals surface area contributed by atoms with Crippen LogP contribution in [-0.2, 0) is 19.1 Å². The molecule has 5 nitrogen and oxygen atoms in total. The van der Waals surface area contributed by atoms with E-state index in [1.807, 2.05) is 0 Å². The molecule has 0 rings (SSSR count). The summed E-state index contributed by atoms with van der Waals surface area (Å²) in [7, 11) is 0. The van der Waals surface area contributed by atoms with Gasteiger partial charge in [-0.05, 0) is 44.9 Å². The summed E-state index contributed by atoms with van der Waals surface area (Å²) >= 11 is 0. The van der Waals surface area contributed by atoms with Gasteiger partial charge in [0, 0.05) is 12.8 Å². The van der Waals surface area contributed by atoms with Gasteiger partial charge >= 0.3 is 11.9 Å². The van der Waals surface area contributed by atoms with Gasteiger partial charge in [0.15, 0.2) is 6.10 Å². The molecule has 0 amide bonds. The highest BCUT2D eigenvalue weighted by atomic mass is 16.6. The molecule has 1 N–H and O–H groups in total. The molecule has 0 heterocycles. The lowest BCUT2D eigenvalue weighted by molar-refractivity contribution is -0.161. The SMILES string of the molecule is CCCCCCC/C=C\C/C=C\CCCCCCCCCCCCCCCCCCCCCCCC(=O)OC(CO)COC(=O)CCCCCCCCCCCCCCCCCCCCCCCCCCCCCCCCCCCCCC. The maximum absolute atomic E-state index is 12.4. The highest BCUT2D eigenvalue weighted by molar-refractivity contribution is 5.70. The molecule has 0 radical (unpaired) electrons. The lowest BCUT2D eigenvalue weighted by Gasteiger charge is -2.15. The molecule has 0 saturated carbocycles. The number of aliphatic hydroxyl groups is 1. The summed E-state index contributed by atoms with van der Waals surface area (Å²) in [6.07, 6.45) is 98.3. The van der Waals surface area contributed by atoms with Crippen molar-refractivity contribution in [1.29, 1.82) is 0 Å². The van der Waals surface area contributed by atoms with Crippen molar-refractivity contribution in [2.75, 3.05) is 13.2 Å². The van der Waals surface area contributed by atoms with Crippen molar-refractivity contribution in [3.63, 3.8) is 0 Å². The minimum Gasteiger partial charge on any atom is -0.462 e. The molecular formula is C78H150O5. The Bertz CT molecular complexity index is 1280. The van der Waals surface area contributed by atoms with E-state index in [9.17, 15) is 14.7 Å². The predicted molar refractivity (Wildman–Crippen MR) is 367 cm³/mol. The van der Waals surface area contributed by atoms with E-state index >= 15 is 0 Å². The van der Waals surface area contributed by atoms with E-state index in [2.05, 4.69) is 38.2 Å². The third-order valence-electron chi connectivity index (χ3n) is 18.0. The van der Waals surface area contributed by atoms with Crippen LogP contribution >= 0.6 is 0 Å². The van der Waals surface area contributed by atoms with Crippen LogP contribution in [0.15, 0.2) is 24.3 Å². The molecule has 1 atom stereocenters. The van der Waals surface area contributed by atoms with Crippen LogP contribution in [-0.4, -0.2) is 36.4 Å². The fourth-order valence-electron chi connectivity index (χ4n) is 12.2. The van der Waals surface area contributed by atoms with Crippen LogP contribution in [0.25, 0.3) is 0 Å². The molecule has 0 bridgehead atoms. The Balaban J connectivity index is 3.35. The molecule has 0 aliphatic heterocycles. The Hall–Kier alpha value is -1.62. The van der Waals surface area contributed by atoms with Gasteiger partial charge < -0.3 is 14.6 Å². The highest BCUT2D eigenvalue weighted by Gasteiger charge is 2.16. The van der Waals surface area contributed by atoms with E-state index < -0.39 is 6.10 Å². The Morgan fingerprint density at radius 3 is 0.711 bits per heavy atom. The number of hydrogen-bond acceptors (Lipinski definition) is 5. The van der Waals surface area contributed by atoms with Crippen molar-refractivity contribution >= 4 is 11.9 Å². The normalized spacial score (nSPS) is 12.2. The van der Waals surface area contributed by atoms with Crippen molar-refractivity contribution in [3.8, 4) is 0 Å². The van der Waals surface area contributed by atoms with E-state index in [0.29, 0.717) is 12.8 Å². The molecule has 83 heavy (non-hydrogen) atoms. The lowest BCUT2D eigenvalue weighted by atomic mass is 10.0. The summed E-state index contributed by atoms with van der Waals surface area (Å²) in [5.74, 6) is -0.561. The molecular weight excluding hydrogens is 1020 g/mol. The number of allylic oxidation sites excluding steroid dienone is 4. The summed E-state index contributed by atoms with van der Waals surface area (Å²) < 4.78 is 10.8. The fourth-order valence-corrected chi connectivity index (χ4v) is 12.2. The molecule has 0 aromatic carbocycles. The van der Waals surface area contributed by atoms with E-state index in [1.54, 1.807) is 0 Å². The van der Waals surface area contributed by atoms with Gasteiger partial charge in [0.1, 0.15) is 6.61 Å². The van der Waals surface area contributed by atoms with Crippen LogP contribution in [0, 0.1) is 0 Å². The van der Waals surface area contributed by atoms with Gasteiger partial charge in [-0.2, -0.15) is 0 Å². The molecule has 1 unspecified atom stereocenters. The smallest absolute Gasteiger partial charge is 0.306 e. The minimum atomic E-state index is -0.769. The second-order valence-electron chi connectivity index (χ2n) is 26.4. The zero-order valence-electron chi connectivity index (χ0n) is 56.8. The van der Waals surface area contributed by atoms with Crippen molar-refractivity contribution in [2.24, 2.45) is 0 Å². The number of unbranched alkanes of at least 4 members (excludes halogenated alkanes) is 61. The number of carbonyl (C=O) groups is 2. The molecule has 492 valence electrons. The number of hydrogen-bond donors (Lipinski definition) is 1. The summed E-state index contributed by atoms with van der Waals surface area (Å²) in [6.45, 7) is 4.21. The summed E-state index contributed by atoms with van der Waals surface area (Å²) in [4.78, 5) is 24.7. The Kier molecular flexibility index (Phi) is 73.2. The van der Waals surface area contributed by atoms with Crippen LogP contribution in [0.5, 0.6) is 0 Å². The predicted octanol–water partition coefficient (Wildman–Crippen LogP) is 26.7. The first kappa shape index (κ1) is 81.4. The fraction of sp³-hybridized carbons (Fsp3) is 0.923. The maximum Gasteiger partial charge on any atom is 0.306 e. The van der Waals surface area contributed by atoms with Crippen molar-refractivity contribution in [3.05, 3.63) is 24.3 Å². The molecule has 0 aromatic rings. The number of esters is 2. The minimum absolute atomic E-state index is 0.0574. The molecule has 0 spiro atoms. The monoisotopic (exact) mass is 1170 g/mol. The first-order valence-electron chi connectivity index (χ1n) is 38.4. The van der Waals surface area contributed by atoms with Crippen molar-refractivity contribution in [1.82, 2.24) is 0 Å². The van der Waals surface area contributed by atoms with E-state index in [0.717, 1.165) is 38.5 Å². The standard InChI is InChI=1S/C78H150O5/c1-3-5-7-9-11-13-15-17-19-21-23-25-27-29-31-33-35-37-38-39-41-42-44-46-48-50-52-54-56-58-60-62-64-66-68-70-72-77(80)82-75-76(74-79)83-78(81)73-71-69-67-65-63-61-59-57-55-53-51-49-47-45-43-40-36-34-32-30-28-26-24-22-20-18-16-14-12-10-8-6-4-2/h16,18,22,24,76,79H,3-15,17,19-21,23,25-75H2,1-2H3/b18-16-,24-22-. The van der Waals surface area contributed by atoms with E-state index in [1.165, 1.54) is 379 Å². The average Bonchev–Trinajstić information content (AvgIpc) is 3.49. The van der Waals surface area contributed by atoms with Gasteiger partial charge in [0.2, 0.25) is 0 Å². The Morgan fingerprint density at radius 2 is 0.482 bits per heavy atom. The summed E-state index contributed by atoms with van der Waals surface area (Å²) in [5, 5.41) is 9.72. The topological polar surface area (TPSA) is 72.8 Å². The Labute approximate surface area is 521 Å².